The Morgan fingerprint density at radius 2 is 1.83 bits per heavy atom. The molecule has 0 aromatic carbocycles. The molecule has 2 fully saturated rings. The standard InChI is InChI=1S/C16H32N2/c1-4-6-7-13(5-2)12-17-14-10-15-8-9-16(11-14)18(15)3/h13-17H,4-12H2,1-3H3. The van der Waals surface area contributed by atoms with Crippen molar-refractivity contribution in [3.8, 4) is 0 Å². The Hall–Kier alpha value is -0.0800. The summed E-state index contributed by atoms with van der Waals surface area (Å²) in [7, 11) is 2.33. The molecule has 0 amide bonds. The minimum Gasteiger partial charge on any atom is -0.314 e. The van der Waals surface area contributed by atoms with E-state index in [1.54, 1.807) is 0 Å². The molecule has 0 radical (unpaired) electrons. The Balaban J connectivity index is 1.70. The normalized spacial score (nSPS) is 33.8. The molecule has 2 heteroatoms. The SMILES string of the molecule is CCCCC(CC)CNC1CC2CCC(C1)N2C. The molecule has 0 spiro atoms. The topological polar surface area (TPSA) is 15.3 Å². The lowest BCUT2D eigenvalue weighted by Gasteiger charge is -2.37. The number of fused-ring (bicyclic) bond motifs is 2. The lowest BCUT2D eigenvalue weighted by molar-refractivity contribution is 0.146. The van der Waals surface area contributed by atoms with E-state index in [0.29, 0.717) is 0 Å². The molecule has 1 N–H and O–H groups in total. The highest BCUT2D eigenvalue weighted by Gasteiger charge is 2.38. The molecule has 2 aliphatic heterocycles. The highest BCUT2D eigenvalue weighted by atomic mass is 15.2. The van der Waals surface area contributed by atoms with Crippen molar-refractivity contribution in [2.24, 2.45) is 5.92 Å². The van der Waals surface area contributed by atoms with Gasteiger partial charge in [0, 0.05) is 18.1 Å². The fraction of sp³-hybridized carbons (Fsp3) is 1.00. The van der Waals surface area contributed by atoms with Gasteiger partial charge in [0.05, 0.1) is 0 Å². The molecule has 0 aromatic heterocycles. The van der Waals surface area contributed by atoms with Crippen LogP contribution in [-0.2, 0) is 0 Å². The van der Waals surface area contributed by atoms with E-state index in [9.17, 15) is 0 Å². The molecule has 0 aliphatic carbocycles. The quantitative estimate of drug-likeness (QED) is 0.747. The molecular weight excluding hydrogens is 220 g/mol. The largest absolute Gasteiger partial charge is 0.314 e. The van der Waals surface area contributed by atoms with Crippen molar-refractivity contribution in [3.63, 3.8) is 0 Å². The second-order valence-corrected chi connectivity index (χ2v) is 6.54. The summed E-state index contributed by atoms with van der Waals surface area (Å²) in [5.41, 5.74) is 0. The Morgan fingerprint density at radius 1 is 1.17 bits per heavy atom. The molecule has 2 rings (SSSR count). The van der Waals surface area contributed by atoms with E-state index in [-0.39, 0.29) is 0 Å². The van der Waals surface area contributed by atoms with Gasteiger partial charge in [0.25, 0.3) is 0 Å². The Labute approximate surface area is 114 Å². The van der Waals surface area contributed by atoms with Crippen molar-refractivity contribution in [2.45, 2.75) is 83.3 Å². The zero-order chi connectivity index (χ0) is 13.0. The van der Waals surface area contributed by atoms with E-state index < -0.39 is 0 Å². The van der Waals surface area contributed by atoms with Crippen LogP contribution in [0.5, 0.6) is 0 Å². The van der Waals surface area contributed by atoms with Crippen LogP contribution in [0.1, 0.15) is 65.2 Å². The van der Waals surface area contributed by atoms with E-state index >= 15 is 0 Å². The maximum absolute atomic E-state index is 3.88. The van der Waals surface area contributed by atoms with Crippen LogP contribution in [0.4, 0.5) is 0 Å². The van der Waals surface area contributed by atoms with Crippen LogP contribution in [0, 0.1) is 5.92 Å². The number of piperidine rings is 1. The molecule has 18 heavy (non-hydrogen) atoms. The predicted molar refractivity (Wildman–Crippen MR) is 78.9 cm³/mol. The van der Waals surface area contributed by atoms with Gasteiger partial charge in [-0.05, 0) is 51.6 Å². The summed E-state index contributed by atoms with van der Waals surface area (Å²) < 4.78 is 0. The number of hydrogen-bond donors (Lipinski definition) is 1. The average Bonchev–Trinajstić information content (AvgIpc) is 2.62. The molecular formula is C16H32N2. The highest BCUT2D eigenvalue weighted by Crippen LogP contribution is 2.34. The van der Waals surface area contributed by atoms with Gasteiger partial charge in [0.2, 0.25) is 0 Å². The van der Waals surface area contributed by atoms with Crippen molar-refractivity contribution in [1.82, 2.24) is 10.2 Å². The van der Waals surface area contributed by atoms with Gasteiger partial charge >= 0.3 is 0 Å². The number of unbranched alkanes of at least 4 members (excludes halogenated alkanes) is 1. The smallest absolute Gasteiger partial charge is 0.0111 e. The fourth-order valence-electron chi connectivity index (χ4n) is 3.85. The first-order chi connectivity index (χ1) is 8.74. The maximum atomic E-state index is 3.88. The van der Waals surface area contributed by atoms with Crippen LogP contribution in [-0.4, -0.2) is 36.6 Å². The van der Waals surface area contributed by atoms with Crippen LogP contribution >= 0.6 is 0 Å². The summed E-state index contributed by atoms with van der Waals surface area (Å²) in [6.07, 6.45) is 11.1. The Bertz CT molecular complexity index is 227. The lowest BCUT2D eigenvalue weighted by Crippen LogP contribution is -2.48. The molecule has 2 saturated heterocycles. The minimum absolute atomic E-state index is 0.800. The zero-order valence-corrected chi connectivity index (χ0v) is 12.6. The van der Waals surface area contributed by atoms with Gasteiger partial charge in [-0.15, -0.1) is 0 Å². The minimum atomic E-state index is 0.800. The second kappa shape index (κ2) is 6.91. The monoisotopic (exact) mass is 252 g/mol. The van der Waals surface area contributed by atoms with E-state index in [2.05, 4.69) is 31.1 Å². The average molecular weight is 252 g/mol. The van der Waals surface area contributed by atoms with Gasteiger partial charge in [-0.2, -0.15) is 0 Å². The van der Waals surface area contributed by atoms with Crippen molar-refractivity contribution in [2.75, 3.05) is 13.6 Å². The third kappa shape index (κ3) is 3.48. The molecule has 0 aromatic rings. The van der Waals surface area contributed by atoms with Crippen LogP contribution in [0.3, 0.4) is 0 Å². The van der Waals surface area contributed by atoms with Gasteiger partial charge < -0.3 is 10.2 Å². The summed E-state index contributed by atoms with van der Waals surface area (Å²) in [5, 5.41) is 3.88. The summed E-state index contributed by atoms with van der Waals surface area (Å²) in [6, 6.07) is 2.54. The van der Waals surface area contributed by atoms with Gasteiger partial charge in [-0.25, -0.2) is 0 Å². The van der Waals surface area contributed by atoms with Crippen LogP contribution in [0.15, 0.2) is 0 Å². The number of hydrogen-bond acceptors (Lipinski definition) is 2. The zero-order valence-electron chi connectivity index (χ0n) is 12.6. The van der Waals surface area contributed by atoms with Crippen molar-refractivity contribution < 1.29 is 0 Å². The van der Waals surface area contributed by atoms with Crippen molar-refractivity contribution >= 4 is 0 Å². The van der Waals surface area contributed by atoms with Gasteiger partial charge in [-0.3, -0.25) is 0 Å². The second-order valence-electron chi connectivity index (χ2n) is 6.54. The van der Waals surface area contributed by atoms with Gasteiger partial charge in [0.1, 0.15) is 0 Å². The molecule has 2 bridgehead atoms. The highest BCUT2D eigenvalue weighted by molar-refractivity contribution is 4.96. The van der Waals surface area contributed by atoms with Gasteiger partial charge in [0.15, 0.2) is 0 Å². The van der Waals surface area contributed by atoms with Crippen molar-refractivity contribution in [1.29, 1.82) is 0 Å². The number of nitrogens with one attached hydrogen (secondary N) is 1. The summed E-state index contributed by atoms with van der Waals surface area (Å²) in [4.78, 5) is 2.63. The fourth-order valence-corrected chi connectivity index (χ4v) is 3.85. The van der Waals surface area contributed by atoms with Crippen LogP contribution < -0.4 is 5.32 Å². The Morgan fingerprint density at radius 3 is 2.39 bits per heavy atom. The van der Waals surface area contributed by atoms with E-state index in [4.69, 9.17) is 0 Å². The summed E-state index contributed by atoms with van der Waals surface area (Å²) in [5.74, 6) is 0.905. The molecule has 106 valence electrons. The third-order valence-electron chi connectivity index (χ3n) is 5.34. The molecule has 2 nitrogen and oxygen atoms in total. The molecule has 3 unspecified atom stereocenters. The maximum Gasteiger partial charge on any atom is 0.0111 e. The van der Waals surface area contributed by atoms with E-state index in [1.807, 2.05) is 0 Å². The van der Waals surface area contributed by atoms with Crippen molar-refractivity contribution in [3.05, 3.63) is 0 Å². The van der Waals surface area contributed by atoms with E-state index in [0.717, 1.165) is 24.0 Å². The molecule has 3 atom stereocenters. The van der Waals surface area contributed by atoms with E-state index in [1.165, 1.54) is 57.9 Å². The Kier molecular flexibility index (Phi) is 5.50. The first-order valence-electron chi connectivity index (χ1n) is 8.19. The summed E-state index contributed by atoms with van der Waals surface area (Å²) in [6.45, 7) is 5.90. The number of nitrogens with zero attached hydrogens (tertiary/aromatic N) is 1. The first-order valence-corrected chi connectivity index (χ1v) is 8.19. The molecule has 0 saturated carbocycles. The predicted octanol–water partition coefficient (Wildman–Crippen LogP) is 3.42. The molecule has 2 aliphatic rings. The first kappa shape index (κ1) is 14.3. The van der Waals surface area contributed by atoms with Crippen LogP contribution in [0.2, 0.25) is 0 Å². The van der Waals surface area contributed by atoms with Crippen LogP contribution in [0.25, 0.3) is 0 Å². The number of rotatable bonds is 7. The molecule has 2 heterocycles. The summed E-state index contributed by atoms with van der Waals surface area (Å²) >= 11 is 0. The lowest BCUT2D eigenvalue weighted by atomic mass is 9.95. The van der Waals surface area contributed by atoms with Gasteiger partial charge in [-0.1, -0.05) is 33.1 Å². The third-order valence-corrected chi connectivity index (χ3v) is 5.34.